The standard InChI is InChI=1S/C11H24N2S/c1-5-12-11(14)13-10(4)8-6-7-9(2)3/h9-10H,5-8H2,1-4H3,(H2,12,13,14). The van der Waals surface area contributed by atoms with Gasteiger partial charge in [-0.3, -0.25) is 0 Å². The van der Waals surface area contributed by atoms with Gasteiger partial charge in [-0.1, -0.05) is 26.7 Å². The van der Waals surface area contributed by atoms with Gasteiger partial charge in [0, 0.05) is 12.6 Å². The molecule has 2 N–H and O–H groups in total. The molecule has 0 aliphatic rings. The van der Waals surface area contributed by atoms with E-state index in [4.69, 9.17) is 12.2 Å². The van der Waals surface area contributed by atoms with Crippen LogP contribution in [-0.4, -0.2) is 17.7 Å². The van der Waals surface area contributed by atoms with Gasteiger partial charge >= 0.3 is 0 Å². The lowest BCUT2D eigenvalue weighted by Gasteiger charge is -2.16. The third-order valence-corrected chi connectivity index (χ3v) is 2.40. The number of rotatable bonds is 6. The average molecular weight is 216 g/mol. The summed E-state index contributed by atoms with van der Waals surface area (Å²) in [5.74, 6) is 0.808. The van der Waals surface area contributed by atoms with Crippen molar-refractivity contribution in [1.29, 1.82) is 0 Å². The summed E-state index contributed by atoms with van der Waals surface area (Å²) in [7, 11) is 0. The lowest BCUT2D eigenvalue weighted by atomic mass is 10.0. The van der Waals surface area contributed by atoms with Crippen LogP contribution in [0.15, 0.2) is 0 Å². The second-order valence-electron chi connectivity index (χ2n) is 4.23. The number of nitrogens with one attached hydrogen (secondary N) is 2. The van der Waals surface area contributed by atoms with Gasteiger partial charge in [0.15, 0.2) is 5.11 Å². The minimum Gasteiger partial charge on any atom is -0.363 e. The zero-order chi connectivity index (χ0) is 11.0. The molecule has 0 aromatic carbocycles. The van der Waals surface area contributed by atoms with E-state index in [1.165, 1.54) is 19.3 Å². The van der Waals surface area contributed by atoms with Crippen LogP contribution in [0.4, 0.5) is 0 Å². The molecule has 14 heavy (non-hydrogen) atoms. The monoisotopic (exact) mass is 216 g/mol. The summed E-state index contributed by atoms with van der Waals surface area (Å²) in [6, 6.07) is 0.486. The summed E-state index contributed by atoms with van der Waals surface area (Å²) < 4.78 is 0. The second-order valence-corrected chi connectivity index (χ2v) is 4.64. The van der Waals surface area contributed by atoms with Gasteiger partial charge in [0.25, 0.3) is 0 Å². The van der Waals surface area contributed by atoms with Crippen LogP contribution in [0.2, 0.25) is 0 Å². The zero-order valence-corrected chi connectivity index (χ0v) is 10.7. The molecule has 0 saturated carbocycles. The summed E-state index contributed by atoms with van der Waals surface area (Å²) in [4.78, 5) is 0. The Labute approximate surface area is 93.8 Å². The number of hydrogen-bond acceptors (Lipinski definition) is 1. The van der Waals surface area contributed by atoms with E-state index in [-0.39, 0.29) is 0 Å². The summed E-state index contributed by atoms with van der Waals surface area (Å²) in [5.41, 5.74) is 0. The summed E-state index contributed by atoms with van der Waals surface area (Å²) in [6.45, 7) is 9.66. The van der Waals surface area contributed by atoms with E-state index >= 15 is 0 Å². The quantitative estimate of drug-likeness (QED) is 0.668. The molecule has 0 radical (unpaired) electrons. The average Bonchev–Trinajstić information content (AvgIpc) is 2.03. The highest BCUT2D eigenvalue weighted by atomic mass is 32.1. The van der Waals surface area contributed by atoms with Gasteiger partial charge < -0.3 is 10.6 Å². The predicted molar refractivity (Wildman–Crippen MR) is 67.6 cm³/mol. The van der Waals surface area contributed by atoms with Crippen LogP contribution in [0.5, 0.6) is 0 Å². The van der Waals surface area contributed by atoms with Crippen LogP contribution in [0.1, 0.15) is 47.0 Å². The molecule has 1 atom stereocenters. The molecule has 0 rings (SSSR count). The predicted octanol–water partition coefficient (Wildman–Crippen LogP) is 2.69. The third-order valence-electron chi connectivity index (χ3n) is 2.13. The van der Waals surface area contributed by atoms with Gasteiger partial charge in [-0.25, -0.2) is 0 Å². The van der Waals surface area contributed by atoms with E-state index in [9.17, 15) is 0 Å². The van der Waals surface area contributed by atoms with E-state index in [1.54, 1.807) is 0 Å². The molecule has 0 bridgehead atoms. The maximum atomic E-state index is 5.11. The first-order valence-corrected chi connectivity index (χ1v) is 6.01. The Bertz CT molecular complexity index is 157. The highest BCUT2D eigenvalue weighted by Crippen LogP contribution is 2.07. The largest absolute Gasteiger partial charge is 0.363 e. The van der Waals surface area contributed by atoms with Crippen molar-refractivity contribution in [1.82, 2.24) is 10.6 Å². The molecule has 0 spiro atoms. The summed E-state index contributed by atoms with van der Waals surface area (Å²) >= 11 is 5.11. The van der Waals surface area contributed by atoms with E-state index in [1.807, 2.05) is 0 Å². The fourth-order valence-electron chi connectivity index (χ4n) is 1.34. The normalized spacial score (nSPS) is 12.6. The minimum atomic E-state index is 0.486. The molecule has 3 heteroatoms. The molecular formula is C11H24N2S. The van der Waals surface area contributed by atoms with Gasteiger partial charge in [0.05, 0.1) is 0 Å². The molecule has 0 aliphatic heterocycles. The summed E-state index contributed by atoms with van der Waals surface area (Å²) in [6.07, 6.45) is 3.78. The van der Waals surface area contributed by atoms with Crippen molar-refractivity contribution >= 4 is 17.3 Å². The van der Waals surface area contributed by atoms with E-state index in [0.717, 1.165) is 17.6 Å². The molecular weight excluding hydrogens is 192 g/mol. The Morgan fingerprint density at radius 2 is 1.86 bits per heavy atom. The topological polar surface area (TPSA) is 24.1 Å². The first kappa shape index (κ1) is 13.7. The van der Waals surface area contributed by atoms with Gasteiger partial charge in [-0.15, -0.1) is 0 Å². The highest BCUT2D eigenvalue weighted by Gasteiger charge is 2.03. The second kappa shape index (κ2) is 8.04. The number of thiocarbonyl (C=S) groups is 1. The molecule has 0 amide bonds. The first-order valence-electron chi connectivity index (χ1n) is 5.60. The Morgan fingerprint density at radius 1 is 1.21 bits per heavy atom. The molecule has 0 saturated heterocycles. The fraction of sp³-hybridized carbons (Fsp3) is 0.909. The molecule has 0 fully saturated rings. The Kier molecular flexibility index (Phi) is 7.86. The van der Waals surface area contributed by atoms with Crippen LogP contribution in [0.25, 0.3) is 0 Å². The van der Waals surface area contributed by atoms with E-state index < -0.39 is 0 Å². The molecule has 2 nitrogen and oxygen atoms in total. The Balaban J connectivity index is 3.44. The fourth-order valence-corrected chi connectivity index (χ4v) is 1.69. The van der Waals surface area contributed by atoms with Crippen molar-refractivity contribution in [3.05, 3.63) is 0 Å². The Hall–Kier alpha value is -0.310. The van der Waals surface area contributed by atoms with Crippen molar-refractivity contribution in [2.45, 2.75) is 53.0 Å². The first-order chi connectivity index (χ1) is 6.56. The minimum absolute atomic E-state index is 0.486. The Morgan fingerprint density at radius 3 is 2.36 bits per heavy atom. The van der Waals surface area contributed by atoms with Gasteiger partial charge in [-0.05, 0) is 38.4 Å². The molecule has 1 unspecified atom stereocenters. The van der Waals surface area contributed by atoms with Crippen LogP contribution in [0, 0.1) is 5.92 Å². The van der Waals surface area contributed by atoms with Crippen LogP contribution < -0.4 is 10.6 Å². The molecule has 0 heterocycles. The maximum Gasteiger partial charge on any atom is 0.166 e. The molecule has 0 aromatic heterocycles. The summed E-state index contributed by atoms with van der Waals surface area (Å²) in [5, 5.41) is 7.15. The van der Waals surface area contributed by atoms with E-state index in [2.05, 4.69) is 38.3 Å². The van der Waals surface area contributed by atoms with Crippen LogP contribution in [0.3, 0.4) is 0 Å². The van der Waals surface area contributed by atoms with Gasteiger partial charge in [0.1, 0.15) is 0 Å². The molecule has 84 valence electrons. The van der Waals surface area contributed by atoms with Crippen LogP contribution >= 0.6 is 12.2 Å². The lowest BCUT2D eigenvalue weighted by Crippen LogP contribution is -2.40. The van der Waals surface area contributed by atoms with Crippen molar-refractivity contribution in [3.63, 3.8) is 0 Å². The van der Waals surface area contributed by atoms with Crippen molar-refractivity contribution < 1.29 is 0 Å². The van der Waals surface area contributed by atoms with E-state index in [0.29, 0.717) is 6.04 Å². The maximum absolute atomic E-state index is 5.11. The van der Waals surface area contributed by atoms with Gasteiger partial charge in [-0.2, -0.15) is 0 Å². The van der Waals surface area contributed by atoms with Crippen molar-refractivity contribution in [3.8, 4) is 0 Å². The van der Waals surface area contributed by atoms with Crippen LogP contribution in [-0.2, 0) is 0 Å². The van der Waals surface area contributed by atoms with Gasteiger partial charge in [0.2, 0.25) is 0 Å². The van der Waals surface area contributed by atoms with Crippen molar-refractivity contribution in [2.75, 3.05) is 6.54 Å². The number of hydrogen-bond donors (Lipinski definition) is 2. The molecule has 0 aromatic rings. The smallest absolute Gasteiger partial charge is 0.166 e. The van der Waals surface area contributed by atoms with Crippen molar-refractivity contribution in [2.24, 2.45) is 5.92 Å². The SMILES string of the molecule is CCNC(=S)NC(C)CCCC(C)C. The zero-order valence-electron chi connectivity index (χ0n) is 9.89. The third kappa shape index (κ3) is 8.30. The highest BCUT2D eigenvalue weighted by molar-refractivity contribution is 7.80. The molecule has 0 aliphatic carbocycles. The lowest BCUT2D eigenvalue weighted by molar-refractivity contribution is 0.493.